The molecule has 0 spiro atoms. The maximum Gasteiger partial charge on any atom is 0.455 e. The Morgan fingerprint density at radius 1 is 1.55 bits per heavy atom. The second kappa shape index (κ2) is 3.05. The Labute approximate surface area is 59.9 Å². The summed E-state index contributed by atoms with van der Waals surface area (Å²) in [5, 5.41) is 7.94. The maximum absolute atomic E-state index is 11.5. The van der Waals surface area contributed by atoms with Gasteiger partial charge in [-0.05, 0) is 0 Å². The molecule has 0 bridgehead atoms. The fourth-order valence-corrected chi connectivity index (χ4v) is 0.316. The van der Waals surface area contributed by atoms with Gasteiger partial charge in [0.05, 0.1) is 0 Å². The zero-order chi connectivity index (χ0) is 9.07. The topological polar surface area (TPSA) is 66.9 Å². The molecule has 0 saturated carbocycles. The van der Waals surface area contributed by atoms with Crippen LogP contribution in [0.15, 0.2) is 11.8 Å². The van der Waals surface area contributed by atoms with E-state index < -0.39 is 17.5 Å². The normalized spacial score (nSPS) is 12.4. The number of hydrogen-bond donors (Lipinski definition) is 1. The molecule has 0 aliphatic rings. The van der Waals surface area contributed by atoms with E-state index in [-0.39, 0.29) is 0 Å². The van der Waals surface area contributed by atoms with Crippen LogP contribution in [0.25, 0.3) is 0 Å². The molecule has 0 aromatic rings. The molecule has 0 unspecified atom stereocenters. The van der Waals surface area contributed by atoms with Crippen LogP contribution in [0, 0.1) is 11.3 Å². The lowest BCUT2D eigenvalue weighted by atomic mass is 10.2. The van der Waals surface area contributed by atoms with Crippen molar-refractivity contribution in [1.29, 1.82) is 5.26 Å². The van der Waals surface area contributed by atoms with Crippen molar-refractivity contribution in [2.45, 2.75) is 6.18 Å². The minimum absolute atomic E-state index is 0.329. The van der Waals surface area contributed by atoms with Gasteiger partial charge in [-0.1, -0.05) is 0 Å². The molecule has 60 valence electrons. The van der Waals surface area contributed by atoms with E-state index in [0.29, 0.717) is 6.20 Å². The van der Waals surface area contributed by atoms with Gasteiger partial charge in [0.1, 0.15) is 11.6 Å². The molecule has 0 aromatic heterocycles. The van der Waals surface area contributed by atoms with E-state index in [2.05, 4.69) is 5.73 Å². The van der Waals surface area contributed by atoms with Crippen molar-refractivity contribution in [3.63, 3.8) is 0 Å². The van der Waals surface area contributed by atoms with Gasteiger partial charge in [-0.2, -0.15) is 18.4 Å². The standard InChI is InChI=1S/C5H3F3N2O/c6-5(7,8)4(11)3(1-9)2-10/h1H,9H2. The number of nitrogens with two attached hydrogens (primary N) is 1. The van der Waals surface area contributed by atoms with E-state index in [9.17, 15) is 18.0 Å². The molecule has 0 atom stereocenters. The van der Waals surface area contributed by atoms with Crippen LogP contribution in [0.1, 0.15) is 0 Å². The number of carbonyl (C=O) groups is 1. The summed E-state index contributed by atoms with van der Waals surface area (Å²) in [7, 11) is 0. The summed E-state index contributed by atoms with van der Waals surface area (Å²) in [6.07, 6.45) is -4.70. The number of ketones is 1. The summed E-state index contributed by atoms with van der Waals surface area (Å²) in [5.41, 5.74) is 3.48. The third-order valence-corrected chi connectivity index (χ3v) is 0.789. The number of alkyl halides is 3. The molecule has 0 saturated heterocycles. The monoisotopic (exact) mass is 164 g/mol. The van der Waals surface area contributed by atoms with Gasteiger partial charge < -0.3 is 5.73 Å². The third-order valence-electron chi connectivity index (χ3n) is 0.789. The van der Waals surface area contributed by atoms with Gasteiger partial charge in [0.25, 0.3) is 5.78 Å². The summed E-state index contributed by atoms with van der Waals surface area (Å²) in [5.74, 6) is -2.22. The molecule has 0 heterocycles. The van der Waals surface area contributed by atoms with Crippen LogP contribution in [0.2, 0.25) is 0 Å². The number of allylic oxidation sites excluding steroid dienone is 1. The largest absolute Gasteiger partial charge is 0.455 e. The number of nitrogens with zero attached hydrogens (tertiary/aromatic N) is 1. The molecule has 0 aromatic carbocycles. The predicted octanol–water partition coefficient (Wildman–Crippen LogP) is 0.484. The van der Waals surface area contributed by atoms with Gasteiger partial charge in [0.2, 0.25) is 0 Å². The molecule has 11 heavy (non-hydrogen) atoms. The second-order valence-electron chi connectivity index (χ2n) is 1.52. The third kappa shape index (κ3) is 2.29. The van der Waals surface area contributed by atoms with E-state index in [1.165, 1.54) is 0 Å². The zero-order valence-electron chi connectivity index (χ0n) is 5.14. The lowest BCUT2D eigenvalue weighted by Gasteiger charge is -2.01. The molecule has 0 fully saturated rings. The van der Waals surface area contributed by atoms with Crippen LogP contribution in [-0.4, -0.2) is 12.0 Å². The highest BCUT2D eigenvalue weighted by molar-refractivity contribution is 6.02. The van der Waals surface area contributed by atoms with Crippen LogP contribution < -0.4 is 5.73 Å². The Bertz CT molecular complexity index is 235. The van der Waals surface area contributed by atoms with Crippen LogP contribution in [0.3, 0.4) is 0 Å². The van der Waals surface area contributed by atoms with E-state index in [4.69, 9.17) is 5.26 Å². The summed E-state index contributed by atoms with van der Waals surface area (Å²) >= 11 is 0. The molecule has 0 aliphatic heterocycles. The van der Waals surface area contributed by atoms with Crippen molar-refractivity contribution in [2.24, 2.45) is 5.73 Å². The first-order valence-electron chi connectivity index (χ1n) is 2.37. The van der Waals surface area contributed by atoms with Crippen molar-refractivity contribution < 1.29 is 18.0 Å². The van der Waals surface area contributed by atoms with E-state index >= 15 is 0 Å². The average molecular weight is 164 g/mol. The minimum Gasteiger partial charge on any atom is -0.403 e. The molecule has 0 rings (SSSR count). The van der Waals surface area contributed by atoms with Crippen LogP contribution in [0.4, 0.5) is 13.2 Å². The van der Waals surface area contributed by atoms with Crippen molar-refractivity contribution in [2.75, 3.05) is 0 Å². The zero-order valence-corrected chi connectivity index (χ0v) is 5.14. The number of nitriles is 1. The Balaban J connectivity index is 4.67. The van der Waals surface area contributed by atoms with Gasteiger partial charge in [-0.15, -0.1) is 0 Å². The van der Waals surface area contributed by atoms with Crippen LogP contribution >= 0.6 is 0 Å². The smallest absolute Gasteiger partial charge is 0.403 e. The Morgan fingerprint density at radius 2 is 2.00 bits per heavy atom. The van der Waals surface area contributed by atoms with Gasteiger partial charge in [-0.3, -0.25) is 4.79 Å². The lowest BCUT2D eigenvalue weighted by molar-refractivity contribution is -0.166. The van der Waals surface area contributed by atoms with Gasteiger partial charge in [-0.25, -0.2) is 0 Å². The fraction of sp³-hybridized carbons (Fsp3) is 0.200. The Hall–Kier alpha value is -1.51. The summed E-state index contributed by atoms with van der Waals surface area (Å²) in [6.45, 7) is 0. The maximum atomic E-state index is 11.5. The fourth-order valence-electron chi connectivity index (χ4n) is 0.316. The molecular formula is C5H3F3N2O. The molecule has 0 aliphatic carbocycles. The number of Topliss-reactive ketones (excluding diaryl/α,β-unsaturated/α-hetero) is 1. The average Bonchev–Trinajstić information content (AvgIpc) is 1.88. The highest BCUT2D eigenvalue weighted by Crippen LogP contribution is 2.19. The molecule has 0 radical (unpaired) electrons. The quantitative estimate of drug-likeness (QED) is 0.452. The number of halogens is 3. The first-order valence-corrected chi connectivity index (χ1v) is 2.37. The van der Waals surface area contributed by atoms with E-state index in [1.54, 1.807) is 0 Å². The van der Waals surface area contributed by atoms with Crippen LogP contribution in [-0.2, 0) is 4.79 Å². The van der Waals surface area contributed by atoms with Gasteiger partial charge >= 0.3 is 6.18 Å². The van der Waals surface area contributed by atoms with Crippen molar-refractivity contribution >= 4 is 5.78 Å². The molecule has 3 nitrogen and oxygen atoms in total. The highest BCUT2D eigenvalue weighted by Gasteiger charge is 2.40. The molecular weight excluding hydrogens is 161 g/mol. The first kappa shape index (κ1) is 9.49. The van der Waals surface area contributed by atoms with Crippen molar-refractivity contribution in [1.82, 2.24) is 0 Å². The molecule has 2 N–H and O–H groups in total. The number of rotatable bonds is 1. The van der Waals surface area contributed by atoms with Gasteiger partial charge in [0, 0.05) is 6.20 Å². The minimum atomic E-state index is -5.03. The van der Waals surface area contributed by atoms with Crippen molar-refractivity contribution in [3.05, 3.63) is 11.8 Å². The first-order chi connectivity index (χ1) is 4.93. The van der Waals surface area contributed by atoms with Crippen molar-refractivity contribution in [3.8, 4) is 6.07 Å². The van der Waals surface area contributed by atoms with E-state index in [0.717, 1.165) is 6.07 Å². The lowest BCUT2D eigenvalue weighted by Crippen LogP contribution is -2.24. The van der Waals surface area contributed by atoms with Crippen LogP contribution in [0.5, 0.6) is 0 Å². The summed E-state index contributed by atoms with van der Waals surface area (Å²) in [6, 6.07) is 1.02. The Kier molecular flexibility index (Phi) is 2.63. The summed E-state index contributed by atoms with van der Waals surface area (Å²) < 4.78 is 34.4. The molecule has 0 amide bonds. The Morgan fingerprint density at radius 3 is 2.09 bits per heavy atom. The summed E-state index contributed by atoms with van der Waals surface area (Å²) in [4.78, 5) is 10.1. The number of carbonyl (C=O) groups excluding carboxylic acids is 1. The molecule has 6 heteroatoms. The second-order valence-corrected chi connectivity index (χ2v) is 1.52. The predicted molar refractivity (Wildman–Crippen MR) is 28.9 cm³/mol. The number of hydrogen-bond acceptors (Lipinski definition) is 3. The van der Waals surface area contributed by atoms with Gasteiger partial charge in [0.15, 0.2) is 0 Å². The van der Waals surface area contributed by atoms with E-state index in [1.807, 2.05) is 0 Å². The highest BCUT2D eigenvalue weighted by atomic mass is 19.4. The SMILES string of the molecule is N#CC(=CN)C(=O)C(F)(F)F.